The number of hydrogen-bond acceptors (Lipinski definition) is 12. The number of nitrogens with one attached hydrogen (secondary N) is 4. The number of halogens is 4. The van der Waals surface area contributed by atoms with E-state index in [1.165, 1.54) is 50.9 Å². The van der Waals surface area contributed by atoms with Crippen LogP contribution in [-0.4, -0.2) is 132 Å². The van der Waals surface area contributed by atoms with E-state index in [1.54, 1.807) is 76.4 Å². The van der Waals surface area contributed by atoms with Gasteiger partial charge in [0, 0.05) is 76.9 Å². The maximum Gasteiger partial charge on any atom is 0.410 e. The molecule has 6 aromatic rings. The Kier molecular flexibility index (Phi) is 17.1. The lowest BCUT2D eigenvalue weighted by molar-refractivity contribution is -0.141. The Morgan fingerprint density at radius 2 is 1.14 bits per heavy atom. The zero-order valence-electron chi connectivity index (χ0n) is 41.1. The van der Waals surface area contributed by atoms with Gasteiger partial charge < -0.3 is 40.9 Å². The first kappa shape index (κ1) is 52.9. The molecule has 0 radical (unpaired) electrons. The van der Waals surface area contributed by atoms with Crippen LogP contribution >= 0.6 is 0 Å². The molecular formula is C51H58F4N12O6. The molecule has 2 aliphatic rings. The molecule has 8 rings (SSSR count). The van der Waals surface area contributed by atoms with Crippen molar-refractivity contribution >= 4 is 35.5 Å². The summed E-state index contributed by atoms with van der Waals surface area (Å²) in [6, 6.07) is 14.2. The number of aromatic nitrogens is 6. The van der Waals surface area contributed by atoms with E-state index in [2.05, 4.69) is 41.4 Å². The van der Waals surface area contributed by atoms with Crippen molar-refractivity contribution in [2.45, 2.75) is 64.1 Å². The number of pyridine rings is 2. The summed E-state index contributed by atoms with van der Waals surface area (Å²) in [5, 5.41) is 28.9. The number of ether oxygens (including phenoxy) is 1. The maximum absolute atomic E-state index is 15.1. The van der Waals surface area contributed by atoms with Crippen molar-refractivity contribution in [1.29, 1.82) is 0 Å². The summed E-state index contributed by atoms with van der Waals surface area (Å²) in [4.78, 5) is 62.0. The van der Waals surface area contributed by atoms with Crippen molar-refractivity contribution in [3.8, 4) is 22.5 Å². The van der Waals surface area contributed by atoms with Gasteiger partial charge in [-0.1, -0.05) is 24.3 Å². The number of likely N-dealkylation sites (tertiary alicyclic amines) is 2. The molecule has 2 aromatic carbocycles. The number of rotatable bonds is 17. The number of carbonyl (C=O) groups is 4. The number of benzene rings is 2. The molecule has 0 saturated carbocycles. The molecule has 0 spiro atoms. The maximum atomic E-state index is 15.1. The van der Waals surface area contributed by atoms with Crippen molar-refractivity contribution in [3.05, 3.63) is 131 Å². The van der Waals surface area contributed by atoms with Crippen molar-refractivity contribution in [2.24, 2.45) is 14.1 Å². The van der Waals surface area contributed by atoms with Crippen LogP contribution in [0.3, 0.4) is 0 Å². The first-order valence-corrected chi connectivity index (χ1v) is 23.7. The highest BCUT2D eigenvalue weighted by molar-refractivity contribution is 6.00. The SMILES string of the molecule is Cn1cc(-c2nc(NCCc3cccc(F)c3)c(C(=O)NC[C@H]3CCN3C(=O)CO)cc2F)cn1.Cn1cc(-c2nc(NCCc3cccc(F)c3)c(C(=O)NC[C@H]3CCN3C(=O)OC(C)(C)C)cc2F)cn1. The van der Waals surface area contributed by atoms with E-state index in [9.17, 15) is 32.3 Å². The van der Waals surface area contributed by atoms with Crippen LogP contribution in [0.4, 0.5) is 34.0 Å². The molecule has 0 bridgehead atoms. The zero-order chi connectivity index (χ0) is 52.4. The molecule has 0 aliphatic carbocycles. The second kappa shape index (κ2) is 23.6. The van der Waals surface area contributed by atoms with Gasteiger partial charge in [-0.25, -0.2) is 32.3 Å². The fraction of sp³-hybridized carbons (Fsp3) is 0.373. The summed E-state index contributed by atoms with van der Waals surface area (Å²) in [6.07, 6.45) is 8.11. The number of amides is 4. The molecule has 2 fully saturated rings. The summed E-state index contributed by atoms with van der Waals surface area (Å²) in [7, 11) is 3.41. The van der Waals surface area contributed by atoms with E-state index in [4.69, 9.17) is 9.84 Å². The number of aliphatic hydroxyl groups is 1. The van der Waals surface area contributed by atoms with Crippen molar-refractivity contribution in [3.63, 3.8) is 0 Å². The van der Waals surface area contributed by atoms with Gasteiger partial charge in [-0.15, -0.1) is 0 Å². The lowest BCUT2D eigenvalue weighted by Gasteiger charge is -2.41. The highest BCUT2D eigenvalue weighted by Crippen LogP contribution is 2.28. The smallest absolute Gasteiger partial charge is 0.410 e. The topological polar surface area (TPSA) is 214 Å². The third-order valence-electron chi connectivity index (χ3n) is 12.0. The molecule has 5 N–H and O–H groups in total. The van der Waals surface area contributed by atoms with Crippen LogP contribution in [0, 0.1) is 23.3 Å². The summed E-state index contributed by atoms with van der Waals surface area (Å²) in [5.41, 5.74) is 1.96. The average molecular weight is 1010 g/mol. The Balaban J connectivity index is 0.000000214. The van der Waals surface area contributed by atoms with Gasteiger partial charge in [0.25, 0.3) is 11.8 Å². The van der Waals surface area contributed by atoms with E-state index in [0.29, 0.717) is 63.0 Å². The predicted molar refractivity (Wildman–Crippen MR) is 263 cm³/mol. The lowest BCUT2D eigenvalue weighted by atomic mass is 10.0. The Labute approximate surface area is 419 Å². The molecule has 2 atom stereocenters. The number of aliphatic hydroxyl groups excluding tert-OH is 1. The van der Waals surface area contributed by atoms with Gasteiger partial charge in [-0.05, 0) is 94.0 Å². The summed E-state index contributed by atoms with van der Waals surface area (Å²) in [6.45, 7) is 6.87. The third-order valence-corrected chi connectivity index (χ3v) is 12.0. The summed E-state index contributed by atoms with van der Waals surface area (Å²) in [5.74, 6) is -3.14. The Bertz CT molecular complexity index is 2940. The van der Waals surface area contributed by atoms with Crippen LogP contribution in [0.5, 0.6) is 0 Å². The molecule has 73 heavy (non-hydrogen) atoms. The van der Waals surface area contributed by atoms with E-state index < -0.39 is 47.7 Å². The average Bonchev–Trinajstić information content (AvgIpc) is 3.96. The number of carbonyl (C=O) groups excluding carboxylic acids is 4. The molecular weight excluding hydrogens is 953 g/mol. The lowest BCUT2D eigenvalue weighted by Crippen LogP contribution is -2.57. The molecule has 2 aliphatic heterocycles. The first-order valence-electron chi connectivity index (χ1n) is 23.7. The highest BCUT2D eigenvalue weighted by Gasteiger charge is 2.36. The van der Waals surface area contributed by atoms with Crippen LogP contribution in [-0.2, 0) is 36.5 Å². The van der Waals surface area contributed by atoms with Crippen LogP contribution in [0.25, 0.3) is 22.5 Å². The predicted octanol–water partition coefficient (Wildman–Crippen LogP) is 5.89. The number of anilines is 2. The molecule has 18 nitrogen and oxygen atoms in total. The Hall–Kier alpha value is -7.88. The Morgan fingerprint density at radius 3 is 1.51 bits per heavy atom. The summed E-state index contributed by atoms with van der Waals surface area (Å²) >= 11 is 0. The van der Waals surface area contributed by atoms with E-state index in [0.717, 1.165) is 23.3 Å². The normalized spacial score (nSPS) is 15.0. The molecule has 386 valence electrons. The van der Waals surface area contributed by atoms with E-state index >= 15 is 4.39 Å². The van der Waals surface area contributed by atoms with Crippen LogP contribution in [0.15, 0.2) is 85.5 Å². The van der Waals surface area contributed by atoms with Crippen molar-refractivity contribution in [2.75, 3.05) is 56.5 Å². The molecule has 4 aromatic heterocycles. The fourth-order valence-electron chi connectivity index (χ4n) is 8.02. The van der Waals surface area contributed by atoms with Gasteiger partial charge in [-0.2, -0.15) is 10.2 Å². The quantitative estimate of drug-likeness (QED) is 0.0677. The minimum absolute atomic E-state index is 0.00809. The van der Waals surface area contributed by atoms with Gasteiger partial charge >= 0.3 is 6.09 Å². The minimum atomic E-state index is -0.681. The standard InChI is InChI=1S/C27H32F2N6O3.C24H26F2N6O3/c1-27(2,3)38-26(37)35-11-9-20(35)15-31-25(36)21-13-22(29)23(18-14-32-34(4)16-18)33-24(21)30-10-8-17-6-5-7-19(28)12-17;1-31-13-16(11-29-31)22-20(26)10-19(24(35)28-12-18-6-8-32(18)21(34)14-33)23(30-22)27-7-5-15-3-2-4-17(25)9-15/h5-7,12-14,16,20H,8-11,15H2,1-4H3,(H,30,33)(H,31,36);2-4,9-11,13,18,33H,5-8,12,14H2,1H3,(H,27,30)(H,28,35)/t20-;18-/m11/s1. The second-order valence-electron chi connectivity index (χ2n) is 18.6. The monoisotopic (exact) mass is 1010 g/mol. The van der Waals surface area contributed by atoms with Crippen molar-refractivity contribution < 1.29 is 46.6 Å². The minimum Gasteiger partial charge on any atom is -0.444 e. The molecule has 4 amide bonds. The molecule has 2 saturated heterocycles. The van der Waals surface area contributed by atoms with Crippen molar-refractivity contribution in [1.82, 2.24) is 50.0 Å². The van der Waals surface area contributed by atoms with Gasteiger partial charge in [0.15, 0.2) is 11.6 Å². The second-order valence-corrected chi connectivity index (χ2v) is 18.6. The zero-order valence-corrected chi connectivity index (χ0v) is 41.1. The molecule has 0 unspecified atom stereocenters. The van der Waals surface area contributed by atoms with Gasteiger partial charge in [0.2, 0.25) is 5.91 Å². The number of nitrogens with zero attached hydrogens (tertiary/aromatic N) is 8. The van der Waals surface area contributed by atoms with Gasteiger partial charge in [-0.3, -0.25) is 23.7 Å². The largest absolute Gasteiger partial charge is 0.444 e. The van der Waals surface area contributed by atoms with Gasteiger partial charge in [0.05, 0.1) is 35.6 Å². The van der Waals surface area contributed by atoms with Crippen LogP contribution in [0.1, 0.15) is 65.5 Å². The number of hydrogen-bond donors (Lipinski definition) is 5. The highest BCUT2D eigenvalue weighted by atomic mass is 19.1. The summed E-state index contributed by atoms with van der Waals surface area (Å²) < 4.78 is 65.6. The molecule has 6 heterocycles. The third kappa shape index (κ3) is 14.0. The Morgan fingerprint density at radius 1 is 0.685 bits per heavy atom. The van der Waals surface area contributed by atoms with E-state index in [1.807, 2.05) is 0 Å². The fourth-order valence-corrected chi connectivity index (χ4v) is 8.02. The molecule has 22 heteroatoms. The van der Waals surface area contributed by atoms with Gasteiger partial charge in [0.1, 0.15) is 46.9 Å². The van der Waals surface area contributed by atoms with E-state index in [-0.39, 0.29) is 71.0 Å². The van der Waals surface area contributed by atoms with Crippen LogP contribution in [0.2, 0.25) is 0 Å². The van der Waals surface area contributed by atoms with Crippen LogP contribution < -0.4 is 21.3 Å². The number of aryl methyl sites for hydroxylation is 2. The first-order chi connectivity index (χ1) is 34.8.